The summed E-state index contributed by atoms with van der Waals surface area (Å²) in [6.45, 7) is 5.19. The third-order valence-corrected chi connectivity index (χ3v) is 6.02. The summed E-state index contributed by atoms with van der Waals surface area (Å²) in [7, 11) is 1.66. The van der Waals surface area contributed by atoms with Gasteiger partial charge in [0.05, 0.1) is 12.7 Å². The Kier molecular flexibility index (Phi) is 6.79. The highest BCUT2D eigenvalue weighted by Gasteiger charge is 2.23. The minimum Gasteiger partial charge on any atom is -0.497 e. The molecule has 28 heavy (non-hydrogen) atoms. The number of nitrogens with one attached hydrogen (secondary N) is 1. The lowest BCUT2D eigenvalue weighted by molar-refractivity contribution is 0.0694. The lowest BCUT2D eigenvalue weighted by atomic mass is 10.1. The molecule has 0 aliphatic heterocycles. The van der Waals surface area contributed by atoms with Crippen molar-refractivity contribution in [1.82, 2.24) is 9.88 Å². The van der Waals surface area contributed by atoms with Gasteiger partial charge in [0.2, 0.25) is 0 Å². The van der Waals surface area contributed by atoms with Gasteiger partial charge in [0.15, 0.2) is 0 Å². The van der Waals surface area contributed by atoms with Crippen LogP contribution in [0, 0.1) is 13.8 Å². The molecule has 2 N–H and O–H groups in total. The Bertz CT molecular complexity index is 817. The monoisotopic (exact) mass is 384 g/mol. The van der Waals surface area contributed by atoms with Crippen LogP contribution in [0.5, 0.6) is 5.75 Å². The van der Waals surface area contributed by atoms with E-state index in [4.69, 9.17) is 4.74 Å². The maximum absolute atomic E-state index is 12.0. The Hall–Kier alpha value is -2.27. The van der Waals surface area contributed by atoms with Crippen molar-refractivity contribution in [2.45, 2.75) is 71.5 Å². The van der Waals surface area contributed by atoms with Gasteiger partial charge in [0.1, 0.15) is 5.75 Å². The molecule has 1 aromatic carbocycles. The fourth-order valence-electron chi connectivity index (χ4n) is 4.37. The zero-order valence-electron chi connectivity index (χ0n) is 17.3. The summed E-state index contributed by atoms with van der Waals surface area (Å²) in [6.07, 6.45) is 7.52. The molecule has 0 atom stereocenters. The van der Waals surface area contributed by atoms with Crippen LogP contribution in [-0.4, -0.2) is 28.8 Å². The molecule has 5 heteroatoms. The molecule has 1 fully saturated rings. The molecule has 1 aliphatic rings. The van der Waals surface area contributed by atoms with Gasteiger partial charge in [-0.2, -0.15) is 0 Å². The number of nitrogens with zero attached hydrogens (tertiary/aromatic N) is 1. The topological polar surface area (TPSA) is 63.5 Å². The quantitative estimate of drug-likeness (QED) is 0.681. The lowest BCUT2D eigenvalue weighted by Crippen LogP contribution is -2.28. The second kappa shape index (κ2) is 9.28. The molecular formula is C23H32N2O3. The molecule has 152 valence electrons. The van der Waals surface area contributed by atoms with Crippen molar-refractivity contribution in [2.75, 3.05) is 7.11 Å². The fourth-order valence-corrected chi connectivity index (χ4v) is 4.37. The molecule has 0 saturated heterocycles. The molecule has 0 radical (unpaired) electrons. The highest BCUT2D eigenvalue weighted by Crippen LogP contribution is 2.26. The van der Waals surface area contributed by atoms with Gasteiger partial charge >= 0.3 is 5.97 Å². The number of carboxylic acids is 1. The number of rotatable bonds is 7. The summed E-state index contributed by atoms with van der Waals surface area (Å²) in [6, 6.07) is 8.43. The first kappa shape index (κ1) is 20.5. The van der Waals surface area contributed by atoms with E-state index in [0.29, 0.717) is 24.7 Å². The van der Waals surface area contributed by atoms with Crippen molar-refractivity contribution >= 4 is 5.97 Å². The second-order valence-corrected chi connectivity index (χ2v) is 7.84. The van der Waals surface area contributed by atoms with Crippen molar-refractivity contribution < 1.29 is 14.6 Å². The highest BCUT2D eigenvalue weighted by molar-refractivity contribution is 5.91. The Morgan fingerprint density at radius 3 is 2.54 bits per heavy atom. The third-order valence-electron chi connectivity index (χ3n) is 6.02. The number of hydrogen-bond acceptors (Lipinski definition) is 3. The molecule has 0 spiro atoms. The Labute approximate surface area is 167 Å². The van der Waals surface area contributed by atoms with E-state index in [1.54, 1.807) is 7.11 Å². The van der Waals surface area contributed by atoms with Crippen LogP contribution in [-0.2, 0) is 13.1 Å². The first-order valence-corrected chi connectivity index (χ1v) is 10.3. The van der Waals surface area contributed by atoms with Crippen LogP contribution in [0.2, 0.25) is 0 Å². The van der Waals surface area contributed by atoms with E-state index in [0.717, 1.165) is 28.3 Å². The number of carbonyl (C=O) groups is 1. The van der Waals surface area contributed by atoms with E-state index in [2.05, 4.69) is 9.88 Å². The van der Waals surface area contributed by atoms with E-state index in [1.165, 1.54) is 38.5 Å². The SMILES string of the molecule is COc1cccc(Cn2c(C)c(CNC3CCCCCC3)c(C(=O)O)c2C)c1. The van der Waals surface area contributed by atoms with Crippen molar-refractivity contribution in [3.63, 3.8) is 0 Å². The van der Waals surface area contributed by atoms with Crippen molar-refractivity contribution in [1.29, 1.82) is 0 Å². The summed E-state index contributed by atoms with van der Waals surface area (Å²) in [4.78, 5) is 12.0. The summed E-state index contributed by atoms with van der Waals surface area (Å²) in [5.41, 5.74) is 4.30. The number of ether oxygens (including phenoxy) is 1. The average Bonchev–Trinajstić information content (AvgIpc) is 2.87. The van der Waals surface area contributed by atoms with Gasteiger partial charge in [-0.05, 0) is 44.4 Å². The number of hydrogen-bond donors (Lipinski definition) is 2. The van der Waals surface area contributed by atoms with E-state index in [-0.39, 0.29) is 0 Å². The summed E-state index contributed by atoms with van der Waals surface area (Å²) in [5.74, 6) is -0.0312. The standard InChI is InChI=1S/C23H32N2O3/c1-16-21(14-24-19-10-6-4-5-7-11-19)22(23(26)27)17(2)25(16)15-18-9-8-12-20(13-18)28-3/h8-9,12-13,19,24H,4-7,10-11,14-15H2,1-3H3,(H,26,27). The normalized spacial score (nSPS) is 15.4. The number of carboxylic acid groups (broad SMARTS) is 1. The van der Waals surface area contributed by atoms with Gasteiger partial charge in [0.25, 0.3) is 0 Å². The number of aromatic carboxylic acids is 1. The largest absolute Gasteiger partial charge is 0.497 e. The second-order valence-electron chi connectivity index (χ2n) is 7.84. The molecular weight excluding hydrogens is 352 g/mol. The summed E-state index contributed by atoms with van der Waals surface area (Å²) in [5, 5.41) is 13.5. The molecule has 5 nitrogen and oxygen atoms in total. The van der Waals surface area contributed by atoms with Crippen LogP contribution < -0.4 is 10.1 Å². The van der Waals surface area contributed by atoms with Crippen LogP contribution >= 0.6 is 0 Å². The summed E-state index contributed by atoms with van der Waals surface area (Å²) < 4.78 is 7.44. The molecule has 0 unspecified atom stereocenters. The van der Waals surface area contributed by atoms with Crippen LogP contribution in [0.25, 0.3) is 0 Å². The zero-order valence-corrected chi connectivity index (χ0v) is 17.3. The lowest BCUT2D eigenvalue weighted by Gasteiger charge is -2.17. The van der Waals surface area contributed by atoms with E-state index in [9.17, 15) is 9.90 Å². The first-order valence-electron chi connectivity index (χ1n) is 10.3. The van der Waals surface area contributed by atoms with Gasteiger partial charge in [-0.1, -0.05) is 37.8 Å². The van der Waals surface area contributed by atoms with Crippen LogP contribution in [0.3, 0.4) is 0 Å². The van der Waals surface area contributed by atoms with E-state index in [1.807, 2.05) is 38.1 Å². The highest BCUT2D eigenvalue weighted by atomic mass is 16.5. The summed E-state index contributed by atoms with van der Waals surface area (Å²) >= 11 is 0. The molecule has 3 rings (SSSR count). The Balaban J connectivity index is 1.85. The minimum atomic E-state index is -0.845. The van der Waals surface area contributed by atoms with Gasteiger partial charge in [-0.15, -0.1) is 0 Å². The smallest absolute Gasteiger partial charge is 0.337 e. The van der Waals surface area contributed by atoms with Gasteiger partial charge in [-0.3, -0.25) is 0 Å². The van der Waals surface area contributed by atoms with E-state index >= 15 is 0 Å². The maximum Gasteiger partial charge on any atom is 0.337 e. The van der Waals surface area contributed by atoms with Crippen molar-refractivity contribution in [2.24, 2.45) is 0 Å². The van der Waals surface area contributed by atoms with Crippen LogP contribution in [0.15, 0.2) is 24.3 Å². The average molecular weight is 385 g/mol. The van der Waals surface area contributed by atoms with Gasteiger partial charge in [-0.25, -0.2) is 4.79 Å². The number of methoxy groups -OCH3 is 1. The van der Waals surface area contributed by atoms with Gasteiger partial charge in [0, 0.05) is 36.1 Å². The number of aromatic nitrogens is 1. The molecule has 1 aromatic heterocycles. The fraction of sp³-hybridized carbons (Fsp3) is 0.522. The van der Waals surface area contributed by atoms with Crippen LogP contribution in [0.4, 0.5) is 0 Å². The van der Waals surface area contributed by atoms with E-state index < -0.39 is 5.97 Å². The molecule has 0 bridgehead atoms. The molecule has 2 aromatic rings. The molecule has 1 aliphatic carbocycles. The first-order chi connectivity index (χ1) is 13.5. The van der Waals surface area contributed by atoms with Crippen LogP contribution in [0.1, 0.15) is 71.4 Å². The Morgan fingerprint density at radius 1 is 1.18 bits per heavy atom. The van der Waals surface area contributed by atoms with Crippen molar-refractivity contribution in [3.8, 4) is 5.75 Å². The Morgan fingerprint density at radius 2 is 1.89 bits per heavy atom. The molecule has 1 heterocycles. The predicted octanol–water partition coefficient (Wildman–Crippen LogP) is 4.67. The minimum absolute atomic E-state index is 0.446. The number of benzene rings is 1. The van der Waals surface area contributed by atoms with Gasteiger partial charge < -0.3 is 19.7 Å². The molecule has 1 saturated carbocycles. The zero-order chi connectivity index (χ0) is 20.1. The molecule has 0 amide bonds. The predicted molar refractivity (Wildman–Crippen MR) is 111 cm³/mol. The third kappa shape index (κ3) is 4.58. The van der Waals surface area contributed by atoms with Crippen molar-refractivity contribution in [3.05, 3.63) is 52.3 Å². The maximum atomic E-state index is 12.0.